The van der Waals surface area contributed by atoms with Crippen LogP contribution in [0.5, 0.6) is 0 Å². The fourth-order valence-corrected chi connectivity index (χ4v) is 5.43. The number of hydrogen-bond acceptors (Lipinski definition) is 4. The van der Waals surface area contributed by atoms with Gasteiger partial charge in [0.05, 0.1) is 5.02 Å². The van der Waals surface area contributed by atoms with Gasteiger partial charge in [0, 0.05) is 26.2 Å². The van der Waals surface area contributed by atoms with Gasteiger partial charge in [0.25, 0.3) is 0 Å². The third-order valence-corrected chi connectivity index (χ3v) is 7.69. The minimum absolute atomic E-state index is 0.00431. The molecule has 1 saturated heterocycles. The highest BCUT2D eigenvalue weighted by Crippen LogP contribution is 2.27. The first kappa shape index (κ1) is 21.8. The van der Waals surface area contributed by atoms with Crippen LogP contribution in [0.1, 0.15) is 18.5 Å². The molecule has 0 radical (unpaired) electrons. The molecule has 1 atom stereocenters. The number of carbonyl (C=O) groups is 1. The lowest BCUT2D eigenvalue weighted by Gasteiger charge is -2.37. The molecule has 2 aromatic rings. The number of rotatable bonds is 6. The summed E-state index contributed by atoms with van der Waals surface area (Å²) in [6, 6.07) is 15.7. The van der Waals surface area contributed by atoms with Crippen LogP contribution in [0.4, 0.5) is 0 Å². The maximum absolute atomic E-state index is 13.3. The number of halogens is 1. The molecule has 29 heavy (non-hydrogen) atoms. The number of benzene rings is 2. The first-order valence-corrected chi connectivity index (χ1v) is 11.5. The van der Waals surface area contributed by atoms with Gasteiger partial charge < -0.3 is 4.90 Å². The largest absolute Gasteiger partial charge is 0.338 e. The van der Waals surface area contributed by atoms with Gasteiger partial charge in [0.2, 0.25) is 15.9 Å². The number of hydrogen-bond donors (Lipinski definition) is 0. The number of nitrogens with zero attached hydrogens (tertiary/aromatic N) is 3. The maximum atomic E-state index is 13.3. The highest BCUT2D eigenvalue weighted by Gasteiger charge is 2.34. The predicted molar refractivity (Wildman–Crippen MR) is 114 cm³/mol. The summed E-state index contributed by atoms with van der Waals surface area (Å²) in [5.41, 5.74) is 0.938. The molecule has 6 nitrogen and oxygen atoms in total. The van der Waals surface area contributed by atoms with Gasteiger partial charge in [0.1, 0.15) is 10.9 Å². The minimum Gasteiger partial charge on any atom is -0.338 e. The molecule has 0 aromatic heterocycles. The SMILES string of the molecule is CCN(C)C(C(=O)N1CCN(S(=O)(=O)c2ccccc2Cl)CC1)c1ccccc1. The number of likely N-dealkylation sites (N-methyl/N-ethyl adjacent to an activating group) is 1. The van der Waals surface area contributed by atoms with Crippen molar-refractivity contribution in [2.75, 3.05) is 39.8 Å². The Morgan fingerprint density at radius 3 is 2.21 bits per heavy atom. The molecule has 3 rings (SSSR count). The van der Waals surface area contributed by atoms with Crippen LogP contribution in [0.15, 0.2) is 59.5 Å². The number of piperazine rings is 1. The van der Waals surface area contributed by atoms with Crippen LogP contribution in [0, 0.1) is 0 Å². The van der Waals surface area contributed by atoms with Crippen LogP contribution in [0.2, 0.25) is 5.02 Å². The minimum atomic E-state index is -3.68. The second-order valence-electron chi connectivity index (χ2n) is 7.05. The summed E-state index contributed by atoms with van der Waals surface area (Å²) in [6.07, 6.45) is 0. The monoisotopic (exact) mass is 435 g/mol. The number of amides is 1. The van der Waals surface area contributed by atoms with Crippen molar-refractivity contribution in [1.29, 1.82) is 0 Å². The van der Waals surface area contributed by atoms with Crippen molar-refractivity contribution in [3.63, 3.8) is 0 Å². The van der Waals surface area contributed by atoms with Gasteiger partial charge in [-0.1, -0.05) is 61.0 Å². The zero-order valence-corrected chi connectivity index (χ0v) is 18.2. The Kier molecular flexibility index (Phi) is 6.95. The lowest BCUT2D eigenvalue weighted by Crippen LogP contribution is -2.53. The van der Waals surface area contributed by atoms with Crippen molar-refractivity contribution in [2.45, 2.75) is 17.9 Å². The van der Waals surface area contributed by atoms with Crippen LogP contribution >= 0.6 is 11.6 Å². The Bertz CT molecular complexity index is 945. The highest BCUT2D eigenvalue weighted by atomic mass is 35.5. The van der Waals surface area contributed by atoms with E-state index >= 15 is 0 Å². The Labute approximate surface area is 177 Å². The Hall–Kier alpha value is -1.93. The molecule has 0 saturated carbocycles. The summed E-state index contributed by atoms with van der Waals surface area (Å²) in [6.45, 7) is 3.93. The Morgan fingerprint density at radius 2 is 1.62 bits per heavy atom. The van der Waals surface area contributed by atoms with Crippen LogP contribution < -0.4 is 0 Å². The number of sulfonamides is 1. The van der Waals surface area contributed by atoms with E-state index < -0.39 is 10.0 Å². The van der Waals surface area contributed by atoms with E-state index in [1.165, 1.54) is 10.4 Å². The highest BCUT2D eigenvalue weighted by molar-refractivity contribution is 7.89. The Balaban J connectivity index is 1.74. The zero-order chi connectivity index (χ0) is 21.0. The molecule has 0 N–H and O–H groups in total. The van der Waals surface area contributed by atoms with Crippen LogP contribution in [-0.2, 0) is 14.8 Å². The summed E-state index contributed by atoms with van der Waals surface area (Å²) in [5.74, 6) is -0.00431. The average Bonchev–Trinajstić information content (AvgIpc) is 2.74. The normalized spacial score (nSPS) is 16.8. The molecule has 0 aliphatic carbocycles. The summed E-state index contributed by atoms with van der Waals surface area (Å²) in [4.78, 5) is 17.1. The third-order valence-electron chi connectivity index (χ3n) is 5.29. The van der Waals surface area contributed by atoms with E-state index in [-0.39, 0.29) is 35.0 Å². The second-order valence-corrected chi connectivity index (χ2v) is 9.36. The molecule has 2 aromatic carbocycles. The van der Waals surface area contributed by atoms with E-state index in [2.05, 4.69) is 0 Å². The quantitative estimate of drug-likeness (QED) is 0.700. The smallest absolute Gasteiger partial charge is 0.244 e. The molecule has 0 bridgehead atoms. The van der Waals surface area contributed by atoms with E-state index in [4.69, 9.17) is 11.6 Å². The molecule has 1 aliphatic rings. The van der Waals surface area contributed by atoms with Crippen molar-refractivity contribution < 1.29 is 13.2 Å². The molecule has 1 amide bonds. The van der Waals surface area contributed by atoms with Gasteiger partial charge >= 0.3 is 0 Å². The average molecular weight is 436 g/mol. The first-order chi connectivity index (χ1) is 13.9. The summed E-state index contributed by atoms with van der Waals surface area (Å²) < 4.78 is 27.3. The second kappa shape index (κ2) is 9.26. The predicted octanol–water partition coefficient (Wildman–Crippen LogP) is 2.87. The van der Waals surface area contributed by atoms with E-state index in [1.54, 1.807) is 23.1 Å². The number of carbonyl (C=O) groups excluding carboxylic acids is 1. The van der Waals surface area contributed by atoms with Gasteiger partial charge in [-0.25, -0.2) is 8.42 Å². The van der Waals surface area contributed by atoms with Gasteiger partial charge in [-0.15, -0.1) is 0 Å². The van der Waals surface area contributed by atoms with Crippen molar-refractivity contribution in [3.05, 3.63) is 65.2 Å². The van der Waals surface area contributed by atoms with Crippen molar-refractivity contribution in [1.82, 2.24) is 14.1 Å². The maximum Gasteiger partial charge on any atom is 0.244 e. The van der Waals surface area contributed by atoms with Crippen molar-refractivity contribution >= 4 is 27.5 Å². The molecule has 8 heteroatoms. The van der Waals surface area contributed by atoms with Gasteiger partial charge in [-0.2, -0.15) is 4.31 Å². The molecular formula is C21H26ClN3O3S. The Morgan fingerprint density at radius 1 is 1.03 bits per heavy atom. The molecule has 156 valence electrons. The fraction of sp³-hybridized carbons (Fsp3) is 0.381. The van der Waals surface area contributed by atoms with E-state index in [9.17, 15) is 13.2 Å². The molecule has 1 heterocycles. The van der Waals surface area contributed by atoms with Gasteiger partial charge in [-0.05, 0) is 31.3 Å². The standard InChI is InChI=1S/C21H26ClN3O3S/c1-3-23(2)20(17-9-5-4-6-10-17)21(26)24-13-15-25(16-14-24)29(27,28)19-12-8-7-11-18(19)22/h4-12,20H,3,13-16H2,1-2H3. The topological polar surface area (TPSA) is 60.9 Å². The van der Waals surface area contributed by atoms with Crippen LogP contribution in [-0.4, -0.2) is 68.2 Å². The van der Waals surface area contributed by atoms with Crippen LogP contribution in [0.25, 0.3) is 0 Å². The van der Waals surface area contributed by atoms with Crippen LogP contribution in [0.3, 0.4) is 0 Å². The summed E-state index contributed by atoms with van der Waals surface area (Å²) in [7, 11) is -1.76. The first-order valence-electron chi connectivity index (χ1n) is 9.65. The lowest BCUT2D eigenvalue weighted by molar-refractivity contribution is -0.138. The van der Waals surface area contributed by atoms with Crippen molar-refractivity contribution in [3.8, 4) is 0 Å². The van der Waals surface area contributed by atoms with Crippen molar-refractivity contribution in [2.24, 2.45) is 0 Å². The summed E-state index contributed by atoms with van der Waals surface area (Å²) in [5, 5.41) is 0.208. The van der Waals surface area contributed by atoms with Gasteiger partial charge in [-0.3, -0.25) is 9.69 Å². The molecule has 1 fully saturated rings. The lowest BCUT2D eigenvalue weighted by atomic mass is 10.0. The molecular weight excluding hydrogens is 410 g/mol. The van der Waals surface area contributed by atoms with Gasteiger partial charge in [0.15, 0.2) is 0 Å². The fourth-order valence-electron chi connectivity index (χ4n) is 3.52. The van der Waals surface area contributed by atoms with E-state index in [0.29, 0.717) is 13.1 Å². The van der Waals surface area contributed by atoms with E-state index in [1.807, 2.05) is 49.2 Å². The zero-order valence-electron chi connectivity index (χ0n) is 16.7. The molecule has 0 spiro atoms. The third kappa shape index (κ3) is 4.64. The molecule has 1 unspecified atom stereocenters. The molecule has 1 aliphatic heterocycles. The van der Waals surface area contributed by atoms with E-state index in [0.717, 1.165) is 12.1 Å². The summed E-state index contributed by atoms with van der Waals surface area (Å²) >= 11 is 6.09.